The third kappa shape index (κ3) is 5.34. The smallest absolute Gasteiger partial charge is 0.335 e. The molecule has 0 bridgehead atoms. The Morgan fingerprint density at radius 2 is 1.83 bits per heavy atom. The first-order chi connectivity index (χ1) is 17.2. The van der Waals surface area contributed by atoms with Crippen LogP contribution in [0, 0.1) is 0 Å². The molecule has 1 aromatic carbocycles. The standard InChI is InChI=1S/C24H28N6OS.O2S/c1-28-5-7-29(8-6-28)16-18-13-21-22(32-18)24(30-9-11-31-12-10-30)27-23(26-21)19-4-2-3-17-14-25-15-20(17)19;1-3-2/h2-4,13,15H,5-12,14,16H2,1H3;. The maximum Gasteiger partial charge on any atom is 0.335 e. The van der Waals surface area contributed by atoms with Crippen molar-refractivity contribution in [2.45, 2.75) is 13.1 Å². The van der Waals surface area contributed by atoms with Gasteiger partial charge in [0.1, 0.15) is 0 Å². The molecular weight excluding hydrogens is 484 g/mol. The lowest BCUT2D eigenvalue weighted by Gasteiger charge is -2.31. The summed E-state index contributed by atoms with van der Waals surface area (Å²) in [5.74, 6) is 1.85. The monoisotopic (exact) mass is 512 g/mol. The Bertz CT molecular complexity index is 1260. The van der Waals surface area contributed by atoms with E-state index < -0.39 is 11.6 Å². The Kier molecular flexibility index (Phi) is 7.59. The maximum absolute atomic E-state index is 8.29. The van der Waals surface area contributed by atoms with E-state index in [0.29, 0.717) is 0 Å². The van der Waals surface area contributed by atoms with E-state index in [1.54, 1.807) is 0 Å². The number of nitrogens with zero attached hydrogens (tertiary/aromatic N) is 6. The van der Waals surface area contributed by atoms with Crippen molar-refractivity contribution in [1.82, 2.24) is 19.8 Å². The van der Waals surface area contributed by atoms with Crippen molar-refractivity contribution in [2.24, 2.45) is 4.99 Å². The Labute approximate surface area is 212 Å². The lowest BCUT2D eigenvalue weighted by atomic mass is 10.0. The lowest BCUT2D eigenvalue weighted by molar-refractivity contribution is 0.122. The summed E-state index contributed by atoms with van der Waals surface area (Å²) in [5.41, 5.74) is 4.54. The Morgan fingerprint density at radius 3 is 2.60 bits per heavy atom. The minimum Gasteiger partial charge on any atom is -0.378 e. The molecule has 184 valence electrons. The van der Waals surface area contributed by atoms with E-state index in [9.17, 15) is 0 Å². The van der Waals surface area contributed by atoms with Gasteiger partial charge in [-0.05, 0) is 18.7 Å². The third-order valence-electron chi connectivity index (χ3n) is 6.61. The SMILES string of the molecule is CN1CCN(Cc2cc3nc(-c4cccc5c4C=NC5)nc(N4CCOCC4)c3s2)CC1.O=S=O. The highest BCUT2D eigenvalue weighted by atomic mass is 32.1. The molecule has 0 radical (unpaired) electrons. The summed E-state index contributed by atoms with van der Waals surface area (Å²) in [6.07, 6.45) is 1.97. The van der Waals surface area contributed by atoms with E-state index in [1.807, 2.05) is 17.6 Å². The number of aliphatic imine (C=N–C) groups is 1. The minimum absolute atomic E-state index is 0.744. The summed E-state index contributed by atoms with van der Waals surface area (Å²) in [5, 5.41) is 0. The molecule has 0 atom stereocenters. The van der Waals surface area contributed by atoms with Gasteiger partial charge in [0.25, 0.3) is 0 Å². The molecule has 11 heteroatoms. The summed E-state index contributed by atoms with van der Waals surface area (Å²) < 4.78 is 23.4. The fraction of sp³-hybridized carbons (Fsp3) is 0.458. The van der Waals surface area contributed by atoms with Gasteiger partial charge in [-0.2, -0.15) is 8.42 Å². The first kappa shape index (κ1) is 24.1. The van der Waals surface area contributed by atoms with Crippen LogP contribution in [0.5, 0.6) is 0 Å². The van der Waals surface area contributed by atoms with Gasteiger partial charge in [-0.25, -0.2) is 9.97 Å². The number of hydrogen-bond acceptors (Lipinski definition) is 10. The number of benzene rings is 1. The molecule has 0 amide bonds. The summed E-state index contributed by atoms with van der Waals surface area (Å²) in [6.45, 7) is 9.46. The number of aromatic nitrogens is 2. The van der Waals surface area contributed by atoms with Crippen molar-refractivity contribution in [3.63, 3.8) is 0 Å². The van der Waals surface area contributed by atoms with Crippen LogP contribution in [0.3, 0.4) is 0 Å². The molecule has 2 saturated heterocycles. The number of anilines is 1. The number of hydrogen-bond donors (Lipinski definition) is 0. The van der Waals surface area contributed by atoms with Gasteiger partial charge in [-0.3, -0.25) is 9.89 Å². The van der Waals surface area contributed by atoms with Crippen LogP contribution in [0.15, 0.2) is 29.3 Å². The second-order valence-corrected chi connectivity index (χ2v) is 10.2. The molecule has 0 spiro atoms. The number of thiophene rings is 1. The Morgan fingerprint density at radius 1 is 1.06 bits per heavy atom. The highest BCUT2D eigenvalue weighted by Crippen LogP contribution is 2.36. The molecule has 3 aliphatic rings. The molecule has 6 rings (SSSR count). The molecule has 5 heterocycles. The quantitative estimate of drug-likeness (QED) is 0.526. The van der Waals surface area contributed by atoms with E-state index in [2.05, 4.69) is 51.0 Å². The predicted molar refractivity (Wildman–Crippen MR) is 139 cm³/mol. The van der Waals surface area contributed by atoms with Crippen LogP contribution in [0.25, 0.3) is 21.6 Å². The largest absolute Gasteiger partial charge is 0.378 e. The summed E-state index contributed by atoms with van der Waals surface area (Å²) in [7, 11) is 2.20. The van der Waals surface area contributed by atoms with Crippen LogP contribution in [0.4, 0.5) is 5.82 Å². The van der Waals surface area contributed by atoms with Crippen molar-refractivity contribution in [2.75, 3.05) is 64.4 Å². The number of ether oxygens (including phenoxy) is 1. The highest BCUT2D eigenvalue weighted by molar-refractivity contribution is 7.51. The van der Waals surface area contributed by atoms with Gasteiger partial charge >= 0.3 is 11.6 Å². The van der Waals surface area contributed by atoms with Crippen LogP contribution >= 0.6 is 11.3 Å². The van der Waals surface area contributed by atoms with Gasteiger partial charge in [-0.1, -0.05) is 18.2 Å². The van der Waals surface area contributed by atoms with Crippen molar-refractivity contribution in [3.8, 4) is 11.4 Å². The van der Waals surface area contributed by atoms with Crippen LogP contribution in [0.2, 0.25) is 0 Å². The van der Waals surface area contributed by atoms with E-state index in [1.165, 1.54) is 15.1 Å². The molecule has 2 fully saturated rings. The van der Waals surface area contributed by atoms with Gasteiger partial charge < -0.3 is 14.5 Å². The maximum atomic E-state index is 8.29. The fourth-order valence-corrected chi connectivity index (χ4v) is 5.87. The van der Waals surface area contributed by atoms with Gasteiger partial charge in [0.2, 0.25) is 0 Å². The zero-order valence-electron chi connectivity index (χ0n) is 19.7. The zero-order chi connectivity index (χ0) is 24.2. The van der Waals surface area contributed by atoms with E-state index in [-0.39, 0.29) is 0 Å². The highest BCUT2D eigenvalue weighted by Gasteiger charge is 2.23. The first-order valence-electron chi connectivity index (χ1n) is 11.7. The molecule has 3 aliphatic heterocycles. The summed E-state index contributed by atoms with van der Waals surface area (Å²) in [4.78, 5) is 23.3. The van der Waals surface area contributed by atoms with Crippen molar-refractivity contribution in [3.05, 3.63) is 40.3 Å². The molecule has 0 N–H and O–H groups in total. The second-order valence-electron chi connectivity index (χ2n) is 8.89. The molecule has 2 aromatic heterocycles. The van der Waals surface area contributed by atoms with E-state index >= 15 is 0 Å². The second kappa shape index (κ2) is 11.0. The predicted octanol–water partition coefficient (Wildman–Crippen LogP) is 2.20. The number of morpholine rings is 1. The van der Waals surface area contributed by atoms with Crippen molar-refractivity contribution < 1.29 is 13.2 Å². The van der Waals surface area contributed by atoms with Crippen LogP contribution in [-0.2, 0) is 29.4 Å². The molecule has 3 aromatic rings. The number of likely N-dealkylation sites (N-methyl/N-ethyl adjacent to an activating group) is 1. The molecule has 0 aliphatic carbocycles. The van der Waals surface area contributed by atoms with Crippen molar-refractivity contribution in [1.29, 1.82) is 0 Å². The first-order valence-corrected chi connectivity index (χ1v) is 13.2. The fourth-order valence-electron chi connectivity index (χ4n) is 4.71. The van der Waals surface area contributed by atoms with E-state index in [0.717, 1.165) is 93.9 Å². The molecule has 0 saturated carbocycles. The zero-order valence-corrected chi connectivity index (χ0v) is 21.3. The van der Waals surface area contributed by atoms with Gasteiger partial charge in [0, 0.05) is 68.0 Å². The molecule has 0 unspecified atom stereocenters. The molecule has 35 heavy (non-hydrogen) atoms. The van der Waals surface area contributed by atoms with E-state index in [4.69, 9.17) is 23.1 Å². The lowest BCUT2D eigenvalue weighted by Crippen LogP contribution is -2.43. The number of fused-ring (bicyclic) bond motifs is 2. The van der Waals surface area contributed by atoms with Crippen molar-refractivity contribution >= 4 is 45.2 Å². The normalized spacial score (nSPS) is 18.4. The third-order valence-corrected chi connectivity index (χ3v) is 7.72. The minimum atomic E-state index is -0.750. The average Bonchev–Trinajstić information content (AvgIpc) is 3.52. The number of piperazine rings is 1. The Hall–Kier alpha value is -2.57. The Balaban J connectivity index is 0.000000806. The molecular formula is C24H28N6O3S2. The topological polar surface area (TPSA) is 91.2 Å². The van der Waals surface area contributed by atoms with Crippen LogP contribution < -0.4 is 4.90 Å². The van der Waals surface area contributed by atoms with Gasteiger partial charge in [0.05, 0.1) is 30.0 Å². The average molecular weight is 513 g/mol. The van der Waals surface area contributed by atoms with Gasteiger partial charge in [-0.15, -0.1) is 11.3 Å². The summed E-state index contributed by atoms with van der Waals surface area (Å²) in [6, 6.07) is 8.64. The van der Waals surface area contributed by atoms with Crippen LogP contribution in [0.1, 0.15) is 16.0 Å². The molecule has 9 nitrogen and oxygen atoms in total. The number of rotatable bonds is 4. The van der Waals surface area contributed by atoms with Crippen LogP contribution in [-0.4, -0.2) is 93.9 Å². The summed E-state index contributed by atoms with van der Waals surface area (Å²) >= 11 is 1.10. The van der Waals surface area contributed by atoms with Gasteiger partial charge in [0.15, 0.2) is 11.6 Å².